The van der Waals surface area contributed by atoms with Crippen molar-refractivity contribution in [2.75, 3.05) is 53.6 Å². The lowest BCUT2D eigenvalue weighted by molar-refractivity contribution is 0.155. The van der Waals surface area contributed by atoms with E-state index in [4.69, 9.17) is 14.5 Å². The molecule has 0 aliphatic carbocycles. The van der Waals surface area contributed by atoms with E-state index in [0.29, 0.717) is 18.3 Å². The maximum atomic E-state index is 9.70. The number of nitrogens with zero attached hydrogens (tertiary/aromatic N) is 2. The predicted molar refractivity (Wildman–Crippen MR) is 113 cm³/mol. The van der Waals surface area contributed by atoms with E-state index >= 15 is 0 Å². The first kappa shape index (κ1) is 22.3. The molecule has 0 aromatic heterocycles. The van der Waals surface area contributed by atoms with Crippen LogP contribution in [0.2, 0.25) is 0 Å². The number of phenolic OH excluding ortho intramolecular Hbond substituents is 1. The average molecular weight is 393 g/mol. The quantitative estimate of drug-likeness (QED) is 0.321. The fourth-order valence-corrected chi connectivity index (χ4v) is 3.42. The highest BCUT2D eigenvalue weighted by molar-refractivity contribution is 5.80. The Labute approximate surface area is 169 Å². The van der Waals surface area contributed by atoms with Crippen LogP contribution in [0.1, 0.15) is 31.7 Å². The van der Waals surface area contributed by atoms with Crippen molar-refractivity contribution in [1.82, 2.24) is 15.5 Å². The van der Waals surface area contributed by atoms with Gasteiger partial charge in [-0.15, -0.1) is 0 Å². The Hall–Kier alpha value is -1.99. The first-order chi connectivity index (χ1) is 13.7. The van der Waals surface area contributed by atoms with Crippen LogP contribution in [0.25, 0.3) is 0 Å². The van der Waals surface area contributed by atoms with Gasteiger partial charge in [-0.3, -0.25) is 4.99 Å². The topological polar surface area (TPSA) is 78.4 Å². The third-order valence-electron chi connectivity index (χ3n) is 5.01. The number of aliphatic imine (C=N–C) groups is 1. The predicted octanol–water partition coefficient (Wildman–Crippen LogP) is 2.00. The number of ether oxygens (including phenoxy) is 2. The summed E-state index contributed by atoms with van der Waals surface area (Å²) in [5.74, 6) is 1.55. The van der Waals surface area contributed by atoms with E-state index in [2.05, 4.69) is 22.5 Å². The van der Waals surface area contributed by atoms with E-state index in [9.17, 15) is 5.11 Å². The summed E-state index contributed by atoms with van der Waals surface area (Å²) in [4.78, 5) is 7.23. The van der Waals surface area contributed by atoms with Gasteiger partial charge in [0.2, 0.25) is 0 Å². The Balaban J connectivity index is 1.79. The summed E-state index contributed by atoms with van der Waals surface area (Å²) in [5.41, 5.74) is 1.10. The van der Waals surface area contributed by atoms with Gasteiger partial charge in [-0.25, -0.2) is 0 Å². The molecule has 0 bridgehead atoms. The second-order valence-corrected chi connectivity index (χ2v) is 7.12. The van der Waals surface area contributed by atoms with E-state index in [-0.39, 0.29) is 5.75 Å². The second-order valence-electron chi connectivity index (χ2n) is 7.12. The van der Waals surface area contributed by atoms with Crippen LogP contribution < -0.4 is 15.4 Å². The molecule has 7 nitrogen and oxygen atoms in total. The Bertz CT molecular complexity index is 601. The van der Waals surface area contributed by atoms with Gasteiger partial charge >= 0.3 is 0 Å². The second kappa shape index (κ2) is 12.5. The number of benzene rings is 1. The van der Waals surface area contributed by atoms with Gasteiger partial charge in [0, 0.05) is 52.5 Å². The normalized spacial score (nSPS) is 16.2. The average Bonchev–Trinajstić information content (AvgIpc) is 2.71. The number of nitrogens with one attached hydrogen (secondary N) is 2. The van der Waals surface area contributed by atoms with Crippen LogP contribution in [0.4, 0.5) is 0 Å². The number of piperidine rings is 1. The minimum Gasteiger partial charge on any atom is -0.504 e. The maximum Gasteiger partial charge on any atom is 0.191 e. The van der Waals surface area contributed by atoms with E-state index in [1.807, 2.05) is 12.1 Å². The molecule has 3 N–H and O–H groups in total. The van der Waals surface area contributed by atoms with Crippen LogP contribution in [0.15, 0.2) is 23.2 Å². The maximum absolute atomic E-state index is 9.70. The molecule has 0 amide bonds. The highest BCUT2D eigenvalue weighted by Crippen LogP contribution is 2.26. The molecule has 0 radical (unpaired) electrons. The smallest absolute Gasteiger partial charge is 0.191 e. The number of hydrogen-bond donors (Lipinski definition) is 3. The third-order valence-corrected chi connectivity index (χ3v) is 5.01. The SMILES string of the molecule is CCNC(=NCCc1ccc(O)c(OC)c1)NC1CCN(CCCOC)CC1. The van der Waals surface area contributed by atoms with Crippen LogP contribution in [0.3, 0.4) is 0 Å². The van der Waals surface area contributed by atoms with Crippen LogP contribution in [0, 0.1) is 0 Å². The molecule has 1 fully saturated rings. The van der Waals surface area contributed by atoms with Gasteiger partial charge in [0.1, 0.15) is 0 Å². The van der Waals surface area contributed by atoms with Crippen LogP contribution >= 0.6 is 0 Å². The van der Waals surface area contributed by atoms with Crippen LogP contribution in [-0.2, 0) is 11.2 Å². The van der Waals surface area contributed by atoms with Gasteiger partial charge in [0.25, 0.3) is 0 Å². The third kappa shape index (κ3) is 7.56. The molecule has 7 heteroatoms. The van der Waals surface area contributed by atoms with Gasteiger partial charge < -0.3 is 30.1 Å². The van der Waals surface area contributed by atoms with Gasteiger partial charge in [-0.1, -0.05) is 6.07 Å². The van der Waals surface area contributed by atoms with Gasteiger partial charge in [-0.2, -0.15) is 0 Å². The monoisotopic (exact) mass is 392 g/mol. The molecule has 1 heterocycles. The summed E-state index contributed by atoms with van der Waals surface area (Å²) in [6, 6.07) is 5.91. The molecule has 0 spiro atoms. The van der Waals surface area contributed by atoms with E-state index < -0.39 is 0 Å². The van der Waals surface area contributed by atoms with Crippen LogP contribution in [0.5, 0.6) is 11.5 Å². The molecule has 1 saturated heterocycles. The summed E-state index contributed by atoms with van der Waals surface area (Å²) >= 11 is 0. The van der Waals surface area contributed by atoms with E-state index in [1.165, 1.54) is 0 Å². The molecular weight excluding hydrogens is 356 g/mol. The number of likely N-dealkylation sites (tertiary alicyclic amines) is 1. The van der Waals surface area contributed by atoms with Crippen molar-refractivity contribution in [3.63, 3.8) is 0 Å². The Kier molecular flexibility index (Phi) is 9.93. The van der Waals surface area contributed by atoms with E-state index in [0.717, 1.165) is 70.0 Å². The summed E-state index contributed by atoms with van der Waals surface area (Å²) < 4.78 is 10.3. The number of aromatic hydroxyl groups is 1. The van der Waals surface area contributed by atoms with Crippen molar-refractivity contribution in [1.29, 1.82) is 0 Å². The van der Waals surface area contributed by atoms with Crippen molar-refractivity contribution in [2.24, 2.45) is 4.99 Å². The van der Waals surface area contributed by atoms with Crippen LogP contribution in [-0.4, -0.2) is 75.6 Å². The lowest BCUT2D eigenvalue weighted by atomic mass is 10.1. The lowest BCUT2D eigenvalue weighted by Gasteiger charge is -2.33. The molecule has 28 heavy (non-hydrogen) atoms. The molecule has 0 saturated carbocycles. The fraction of sp³-hybridized carbons (Fsp3) is 0.667. The van der Waals surface area contributed by atoms with Crippen molar-refractivity contribution >= 4 is 5.96 Å². The first-order valence-electron chi connectivity index (χ1n) is 10.3. The van der Waals surface area contributed by atoms with Crippen molar-refractivity contribution in [3.05, 3.63) is 23.8 Å². The molecular formula is C21H36N4O3. The zero-order valence-corrected chi connectivity index (χ0v) is 17.5. The zero-order valence-electron chi connectivity index (χ0n) is 17.5. The number of rotatable bonds is 10. The lowest BCUT2D eigenvalue weighted by Crippen LogP contribution is -2.49. The summed E-state index contributed by atoms with van der Waals surface area (Å²) in [7, 11) is 3.32. The molecule has 1 aliphatic heterocycles. The summed E-state index contributed by atoms with van der Waals surface area (Å²) in [5, 5.41) is 16.6. The zero-order chi connectivity index (χ0) is 20.2. The molecule has 0 unspecified atom stereocenters. The molecule has 0 atom stereocenters. The number of phenols is 1. The highest BCUT2D eigenvalue weighted by atomic mass is 16.5. The molecule has 158 valence electrons. The number of hydrogen-bond acceptors (Lipinski definition) is 5. The van der Waals surface area contributed by atoms with Crippen molar-refractivity contribution < 1.29 is 14.6 Å². The highest BCUT2D eigenvalue weighted by Gasteiger charge is 2.19. The standard InChI is InChI=1S/C21H36N4O3/c1-4-22-21(23-11-8-17-6-7-19(26)20(16-17)28-3)24-18-9-13-25(14-10-18)12-5-15-27-2/h6-7,16,18,26H,4-5,8-15H2,1-3H3,(H2,22,23,24). The van der Waals surface area contributed by atoms with E-state index in [1.54, 1.807) is 20.3 Å². The number of guanidine groups is 1. The summed E-state index contributed by atoms with van der Waals surface area (Å²) in [6.45, 7) is 7.80. The minimum atomic E-state index is 0.165. The van der Waals surface area contributed by atoms with Crippen molar-refractivity contribution in [2.45, 2.75) is 38.6 Å². The molecule has 1 aromatic carbocycles. The largest absolute Gasteiger partial charge is 0.504 e. The fourth-order valence-electron chi connectivity index (χ4n) is 3.42. The van der Waals surface area contributed by atoms with Gasteiger partial charge in [-0.05, 0) is 50.3 Å². The molecule has 1 aliphatic rings. The Morgan fingerprint density at radius 2 is 2.07 bits per heavy atom. The molecule has 2 rings (SSSR count). The van der Waals surface area contributed by atoms with Gasteiger partial charge in [0.15, 0.2) is 17.5 Å². The first-order valence-corrected chi connectivity index (χ1v) is 10.3. The minimum absolute atomic E-state index is 0.165. The molecule has 1 aromatic rings. The van der Waals surface area contributed by atoms with Crippen molar-refractivity contribution in [3.8, 4) is 11.5 Å². The summed E-state index contributed by atoms with van der Waals surface area (Å²) in [6.07, 6.45) is 4.16. The van der Waals surface area contributed by atoms with Gasteiger partial charge in [0.05, 0.1) is 7.11 Å². The Morgan fingerprint density at radius 3 is 2.75 bits per heavy atom. The number of methoxy groups -OCH3 is 2. The Morgan fingerprint density at radius 1 is 1.29 bits per heavy atom.